The Labute approximate surface area is 121 Å². The van der Waals surface area contributed by atoms with Crippen LogP contribution in [0, 0.1) is 5.92 Å². The first kappa shape index (κ1) is 12.9. The van der Waals surface area contributed by atoms with Crippen LogP contribution in [0.5, 0.6) is 0 Å². The molecule has 0 aromatic heterocycles. The number of anilines is 2. The normalized spacial score (nSPS) is 22.9. The van der Waals surface area contributed by atoms with Gasteiger partial charge in [-0.05, 0) is 50.0 Å². The molecular formula is C14H18BrN3O. The Hall–Kier alpha value is -1.07. The zero-order chi connectivity index (χ0) is 13.2. The third-order valence-electron chi connectivity index (χ3n) is 3.82. The van der Waals surface area contributed by atoms with Gasteiger partial charge in [0.15, 0.2) is 0 Å². The minimum atomic E-state index is 0.163. The molecule has 2 N–H and O–H groups in total. The first-order chi connectivity index (χ1) is 9.24. The second-order valence-electron chi connectivity index (χ2n) is 5.23. The quantitative estimate of drug-likeness (QED) is 0.877. The zero-order valence-electron chi connectivity index (χ0n) is 10.8. The molecule has 19 heavy (non-hydrogen) atoms. The van der Waals surface area contributed by atoms with Crippen molar-refractivity contribution in [3.05, 3.63) is 22.7 Å². The number of rotatable bonds is 2. The second-order valence-corrected chi connectivity index (χ2v) is 6.15. The molecule has 1 atom stereocenters. The minimum absolute atomic E-state index is 0.163. The van der Waals surface area contributed by atoms with Crippen molar-refractivity contribution in [3.8, 4) is 0 Å². The molecule has 1 saturated heterocycles. The topological polar surface area (TPSA) is 44.4 Å². The lowest BCUT2D eigenvalue weighted by atomic mass is 9.98. The summed E-state index contributed by atoms with van der Waals surface area (Å²) >= 11 is 3.48. The monoisotopic (exact) mass is 323 g/mol. The first-order valence-corrected chi connectivity index (χ1v) is 7.58. The Balaban J connectivity index is 1.83. The van der Waals surface area contributed by atoms with Crippen molar-refractivity contribution in [1.29, 1.82) is 0 Å². The zero-order valence-corrected chi connectivity index (χ0v) is 12.4. The van der Waals surface area contributed by atoms with Gasteiger partial charge >= 0.3 is 0 Å². The van der Waals surface area contributed by atoms with Crippen LogP contribution in [-0.2, 0) is 4.79 Å². The van der Waals surface area contributed by atoms with E-state index in [-0.39, 0.29) is 5.91 Å². The van der Waals surface area contributed by atoms with Crippen molar-refractivity contribution in [2.75, 3.05) is 36.4 Å². The molecule has 2 aliphatic rings. The van der Waals surface area contributed by atoms with Crippen molar-refractivity contribution < 1.29 is 4.79 Å². The number of carbonyl (C=O) groups is 1. The fourth-order valence-electron chi connectivity index (χ4n) is 2.82. The SMILES string of the molecule is O=C1CNc2ccc(Br)cc2N1CC1CCCNC1. The molecule has 2 aliphatic heterocycles. The van der Waals surface area contributed by atoms with E-state index < -0.39 is 0 Å². The fraction of sp³-hybridized carbons (Fsp3) is 0.500. The van der Waals surface area contributed by atoms with E-state index in [1.807, 2.05) is 23.1 Å². The molecule has 0 radical (unpaired) electrons. The van der Waals surface area contributed by atoms with E-state index >= 15 is 0 Å². The summed E-state index contributed by atoms with van der Waals surface area (Å²) in [7, 11) is 0. The number of carbonyl (C=O) groups excluding carboxylic acids is 1. The Morgan fingerprint density at radius 2 is 2.32 bits per heavy atom. The van der Waals surface area contributed by atoms with Gasteiger partial charge in [-0.15, -0.1) is 0 Å². The van der Waals surface area contributed by atoms with E-state index in [9.17, 15) is 4.79 Å². The Morgan fingerprint density at radius 3 is 3.11 bits per heavy atom. The van der Waals surface area contributed by atoms with E-state index in [2.05, 4.69) is 26.6 Å². The summed E-state index contributed by atoms with van der Waals surface area (Å²) in [5.41, 5.74) is 2.04. The molecule has 0 bridgehead atoms. The predicted molar refractivity (Wildman–Crippen MR) is 80.6 cm³/mol. The summed E-state index contributed by atoms with van der Waals surface area (Å²) in [6, 6.07) is 6.05. The van der Waals surface area contributed by atoms with E-state index in [0.717, 1.165) is 35.5 Å². The summed E-state index contributed by atoms with van der Waals surface area (Å²) in [5, 5.41) is 6.59. The minimum Gasteiger partial charge on any atom is -0.374 e. The van der Waals surface area contributed by atoms with Crippen LogP contribution in [0.15, 0.2) is 22.7 Å². The molecule has 1 aromatic rings. The van der Waals surface area contributed by atoms with Gasteiger partial charge in [0.1, 0.15) is 0 Å². The summed E-state index contributed by atoms with van der Waals surface area (Å²) < 4.78 is 1.01. The van der Waals surface area contributed by atoms with Gasteiger partial charge in [0, 0.05) is 11.0 Å². The predicted octanol–water partition coefficient (Wildman–Crippen LogP) is 2.21. The summed E-state index contributed by atoms with van der Waals surface area (Å²) in [6.07, 6.45) is 2.41. The number of piperidine rings is 1. The Morgan fingerprint density at radius 1 is 1.42 bits per heavy atom. The molecule has 1 aromatic carbocycles. The van der Waals surface area contributed by atoms with Crippen LogP contribution in [0.3, 0.4) is 0 Å². The van der Waals surface area contributed by atoms with Crippen LogP contribution in [0.4, 0.5) is 11.4 Å². The largest absolute Gasteiger partial charge is 0.374 e. The van der Waals surface area contributed by atoms with Crippen molar-refractivity contribution in [1.82, 2.24) is 5.32 Å². The number of benzene rings is 1. The van der Waals surface area contributed by atoms with E-state index in [4.69, 9.17) is 0 Å². The van der Waals surface area contributed by atoms with Gasteiger partial charge in [-0.25, -0.2) is 0 Å². The molecule has 0 aliphatic carbocycles. The van der Waals surface area contributed by atoms with E-state index in [0.29, 0.717) is 12.5 Å². The number of nitrogens with one attached hydrogen (secondary N) is 2. The smallest absolute Gasteiger partial charge is 0.246 e. The van der Waals surface area contributed by atoms with Crippen molar-refractivity contribution >= 4 is 33.2 Å². The third kappa shape index (κ3) is 2.77. The molecule has 0 spiro atoms. The summed E-state index contributed by atoms with van der Waals surface area (Å²) in [4.78, 5) is 14.1. The number of halogens is 1. The number of hydrogen-bond acceptors (Lipinski definition) is 3. The molecular weight excluding hydrogens is 306 g/mol. The molecule has 2 heterocycles. The highest BCUT2D eigenvalue weighted by Gasteiger charge is 2.27. The highest BCUT2D eigenvalue weighted by atomic mass is 79.9. The molecule has 3 rings (SSSR count). The molecule has 1 unspecified atom stereocenters. The van der Waals surface area contributed by atoms with Crippen LogP contribution in [0.25, 0.3) is 0 Å². The molecule has 5 heteroatoms. The van der Waals surface area contributed by atoms with Crippen LogP contribution in [-0.4, -0.2) is 32.1 Å². The maximum Gasteiger partial charge on any atom is 0.246 e. The van der Waals surface area contributed by atoms with Gasteiger partial charge in [0.05, 0.1) is 17.9 Å². The van der Waals surface area contributed by atoms with Crippen molar-refractivity contribution in [2.45, 2.75) is 12.8 Å². The molecule has 102 valence electrons. The average molecular weight is 324 g/mol. The lowest BCUT2D eigenvalue weighted by Gasteiger charge is -2.34. The first-order valence-electron chi connectivity index (χ1n) is 6.78. The van der Waals surface area contributed by atoms with Gasteiger partial charge in [0.2, 0.25) is 5.91 Å². The van der Waals surface area contributed by atoms with Crippen LogP contribution >= 0.6 is 15.9 Å². The van der Waals surface area contributed by atoms with Gasteiger partial charge in [-0.2, -0.15) is 0 Å². The van der Waals surface area contributed by atoms with Crippen molar-refractivity contribution in [3.63, 3.8) is 0 Å². The molecule has 0 saturated carbocycles. The summed E-state index contributed by atoms with van der Waals surface area (Å²) in [6.45, 7) is 3.33. The van der Waals surface area contributed by atoms with Crippen LogP contribution < -0.4 is 15.5 Å². The van der Waals surface area contributed by atoms with E-state index in [1.54, 1.807) is 0 Å². The molecule has 4 nitrogen and oxygen atoms in total. The Bertz CT molecular complexity index is 486. The third-order valence-corrected chi connectivity index (χ3v) is 4.31. The maximum atomic E-state index is 12.2. The molecule has 1 fully saturated rings. The number of hydrogen-bond donors (Lipinski definition) is 2. The van der Waals surface area contributed by atoms with Crippen LogP contribution in [0.1, 0.15) is 12.8 Å². The highest BCUT2D eigenvalue weighted by Crippen LogP contribution is 2.33. The maximum absolute atomic E-state index is 12.2. The fourth-order valence-corrected chi connectivity index (χ4v) is 3.17. The van der Waals surface area contributed by atoms with Gasteiger partial charge in [0.25, 0.3) is 0 Å². The number of amides is 1. The lowest BCUT2D eigenvalue weighted by Crippen LogP contribution is -2.45. The highest BCUT2D eigenvalue weighted by molar-refractivity contribution is 9.10. The van der Waals surface area contributed by atoms with Gasteiger partial charge in [-0.1, -0.05) is 15.9 Å². The van der Waals surface area contributed by atoms with E-state index in [1.165, 1.54) is 12.8 Å². The second kappa shape index (κ2) is 5.51. The Kier molecular flexibility index (Phi) is 3.75. The molecule has 1 amide bonds. The van der Waals surface area contributed by atoms with Crippen LogP contribution in [0.2, 0.25) is 0 Å². The number of fused-ring (bicyclic) bond motifs is 1. The summed E-state index contributed by atoms with van der Waals surface area (Å²) in [5.74, 6) is 0.721. The lowest BCUT2D eigenvalue weighted by molar-refractivity contribution is -0.117. The average Bonchev–Trinajstić information content (AvgIpc) is 2.43. The standard InChI is InChI=1S/C14H18BrN3O/c15-11-3-4-12-13(6-11)18(14(19)8-17-12)9-10-2-1-5-16-7-10/h3-4,6,10,16-17H,1-2,5,7-9H2. The van der Waals surface area contributed by atoms with Gasteiger partial charge in [-0.3, -0.25) is 4.79 Å². The van der Waals surface area contributed by atoms with Gasteiger partial charge < -0.3 is 15.5 Å². The number of nitrogens with zero attached hydrogens (tertiary/aromatic N) is 1. The van der Waals surface area contributed by atoms with Crippen molar-refractivity contribution in [2.24, 2.45) is 5.92 Å².